The first kappa shape index (κ1) is 13.3. The van der Waals surface area contributed by atoms with Crippen LogP contribution in [0.25, 0.3) is 5.69 Å². The predicted molar refractivity (Wildman–Crippen MR) is 75.1 cm³/mol. The highest BCUT2D eigenvalue weighted by atomic mass is 35.5. The van der Waals surface area contributed by atoms with Gasteiger partial charge < -0.3 is 0 Å². The summed E-state index contributed by atoms with van der Waals surface area (Å²) in [5.74, 6) is 1.22. The summed E-state index contributed by atoms with van der Waals surface area (Å²) >= 11 is 13.3. The molecule has 0 amide bonds. The first-order chi connectivity index (χ1) is 9.74. The number of hydrogen-bond donors (Lipinski definition) is 1. The smallest absolute Gasteiger partial charge is 0.183 e. The maximum Gasteiger partial charge on any atom is 0.183 e. The van der Waals surface area contributed by atoms with Crippen molar-refractivity contribution in [2.75, 3.05) is 0 Å². The largest absolute Gasteiger partial charge is 0.254 e. The summed E-state index contributed by atoms with van der Waals surface area (Å²) in [6.45, 7) is 0. The number of thioether (sulfide) groups is 1. The summed E-state index contributed by atoms with van der Waals surface area (Å²) in [4.78, 5) is 4.02. The normalized spacial score (nSPS) is 10.9. The fraction of sp³-hybridized carbons (Fsp3) is 0.100. The van der Waals surface area contributed by atoms with Gasteiger partial charge in [-0.25, -0.2) is 4.98 Å². The molecule has 0 saturated carbocycles. The molecule has 0 bridgehead atoms. The fourth-order valence-corrected chi connectivity index (χ4v) is 2.49. The molecule has 20 heavy (non-hydrogen) atoms. The Morgan fingerprint density at radius 2 is 2.15 bits per heavy atom. The molecule has 0 saturated heterocycles. The molecule has 0 fully saturated rings. The van der Waals surface area contributed by atoms with Crippen LogP contribution in [-0.2, 0) is 5.75 Å². The van der Waals surface area contributed by atoms with Crippen LogP contribution >= 0.6 is 35.0 Å². The summed E-state index contributed by atoms with van der Waals surface area (Å²) < 4.78 is 1.60. The maximum absolute atomic E-state index is 6.00. The van der Waals surface area contributed by atoms with Crippen molar-refractivity contribution in [2.45, 2.75) is 10.9 Å². The van der Waals surface area contributed by atoms with Crippen LogP contribution in [-0.4, -0.2) is 35.4 Å². The van der Waals surface area contributed by atoms with Gasteiger partial charge >= 0.3 is 0 Å². The number of aromatic nitrogens is 7. The van der Waals surface area contributed by atoms with E-state index in [2.05, 4.69) is 30.7 Å². The Labute approximate surface area is 127 Å². The van der Waals surface area contributed by atoms with Crippen LogP contribution in [0.1, 0.15) is 5.82 Å². The quantitative estimate of drug-likeness (QED) is 0.740. The molecule has 0 unspecified atom stereocenters. The van der Waals surface area contributed by atoms with E-state index in [1.54, 1.807) is 22.9 Å². The highest BCUT2D eigenvalue weighted by Gasteiger charge is 2.11. The molecule has 1 N–H and O–H groups in total. The van der Waals surface area contributed by atoms with E-state index >= 15 is 0 Å². The molecule has 3 rings (SSSR count). The SMILES string of the molecule is Clc1ccc(-n2nnnc2CSc2ncn[nH]2)cc1Cl. The average molecular weight is 328 g/mol. The van der Waals surface area contributed by atoms with Gasteiger partial charge in [0.15, 0.2) is 11.0 Å². The van der Waals surface area contributed by atoms with Crippen molar-refractivity contribution in [2.24, 2.45) is 0 Å². The van der Waals surface area contributed by atoms with E-state index in [9.17, 15) is 0 Å². The van der Waals surface area contributed by atoms with Crippen molar-refractivity contribution in [1.82, 2.24) is 35.4 Å². The zero-order chi connectivity index (χ0) is 13.9. The number of benzene rings is 1. The van der Waals surface area contributed by atoms with E-state index < -0.39 is 0 Å². The zero-order valence-electron chi connectivity index (χ0n) is 9.86. The summed E-state index contributed by atoms with van der Waals surface area (Å²) in [6.07, 6.45) is 1.45. The van der Waals surface area contributed by atoms with E-state index in [0.29, 0.717) is 26.8 Å². The van der Waals surface area contributed by atoms with Gasteiger partial charge in [0, 0.05) is 0 Å². The van der Waals surface area contributed by atoms with Crippen molar-refractivity contribution < 1.29 is 0 Å². The molecule has 3 aromatic rings. The number of nitrogens with one attached hydrogen (secondary N) is 1. The van der Waals surface area contributed by atoms with E-state index in [1.165, 1.54) is 18.1 Å². The van der Waals surface area contributed by atoms with Crippen LogP contribution in [0.4, 0.5) is 0 Å². The Bertz CT molecular complexity index is 712. The van der Waals surface area contributed by atoms with Crippen LogP contribution in [0.15, 0.2) is 29.7 Å². The van der Waals surface area contributed by atoms with Gasteiger partial charge in [-0.05, 0) is 28.6 Å². The second-order valence-corrected chi connectivity index (χ2v) is 5.46. The second-order valence-electron chi connectivity index (χ2n) is 3.68. The molecule has 0 spiro atoms. The monoisotopic (exact) mass is 327 g/mol. The van der Waals surface area contributed by atoms with Crippen LogP contribution in [0.3, 0.4) is 0 Å². The molecule has 2 heterocycles. The van der Waals surface area contributed by atoms with Crippen LogP contribution in [0.2, 0.25) is 10.0 Å². The van der Waals surface area contributed by atoms with Crippen molar-refractivity contribution >= 4 is 35.0 Å². The standard InChI is InChI=1S/C10H7Cl2N7S/c11-7-2-1-6(3-8(7)12)19-9(15-17-18-19)4-20-10-13-5-14-16-10/h1-3,5H,4H2,(H,13,14,16). The maximum atomic E-state index is 6.00. The summed E-state index contributed by atoms with van der Waals surface area (Å²) in [5.41, 5.74) is 0.748. The van der Waals surface area contributed by atoms with Crippen LogP contribution in [0, 0.1) is 0 Å². The molecule has 0 atom stereocenters. The molecule has 102 valence electrons. The lowest BCUT2D eigenvalue weighted by Gasteiger charge is -2.05. The molecule has 0 aliphatic rings. The van der Waals surface area contributed by atoms with Crippen LogP contribution < -0.4 is 0 Å². The molecule has 1 aromatic carbocycles. The minimum atomic E-state index is 0.452. The van der Waals surface area contributed by atoms with Gasteiger partial charge in [-0.1, -0.05) is 35.0 Å². The molecular formula is C10H7Cl2N7S. The van der Waals surface area contributed by atoms with Gasteiger partial charge in [0.25, 0.3) is 0 Å². The third kappa shape index (κ3) is 2.77. The Hall–Kier alpha value is -1.64. The lowest BCUT2D eigenvalue weighted by atomic mass is 10.3. The number of tetrazole rings is 1. The number of rotatable bonds is 4. The highest BCUT2D eigenvalue weighted by Crippen LogP contribution is 2.25. The lowest BCUT2D eigenvalue weighted by Crippen LogP contribution is -2.02. The number of nitrogens with zero attached hydrogens (tertiary/aromatic N) is 6. The molecule has 0 aliphatic carbocycles. The number of H-pyrrole nitrogens is 1. The number of hydrogen-bond acceptors (Lipinski definition) is 6. The first-order valence-corrected chi connectivity index (χ1v) is 7.19. The third-order valence-corrected chi connectivity index (χ3v) is 4.02. The lowest BCUT2D eigenvalue weighted by molar-refractivity contribution is 0.777. The molecule has 7 nitrogen and oxygen atoms in total. The predicted octanol–water partition coefficient (Wildman–Crippen LogP) is 2.38. The van der Waals surface area contributed by atoms with Gasteiger partial charge in [-0.3, -0.25) is 5.10 Å². The molecule has 2 aromatic heterocycles. The zero-order valence-corrected chi connectivity index (χ0v) is 12.2. The summed E-state index contributed by atoms with van der Waals surface area (Å²) in [6, 6.07) is 5.21. The molecule has 0 aliphatic heterocycles. The van der Waals surface area contributed by atoms with Gasteiger partial charge in [-0.2, -0.15) is 9.78 Å². The summed E-state index contributed by atoms with van der Waals surface area (Å²) in [5, 5.41) is 19.8. The topological polar surface area (TPSA) is 85.2 Å². The first-order valence-electron chi connectivity index (χ1n) is 5.45. The minimum Gasteiger partial charge on any atom is -0.254 e. The Balaban J connectivity index is 1.84. The molecule has 0 radical (unpaired) electrons. The molecular weight excluding hydrogens is 321 g/mol. The van der Waals surface area contributed by atoms with E-state index in [-0.39, 0.29) is 0 Å². The van der Waals surface area contributed by atoms with E-state index in [0.717, 1.165) is 5.69 Å². The van der Waals surface area contributed by atoms with Gasteiger partial charge in [0.05, 0.1) is 21.5 Å². The second kappa shape index (κ2) is 5.78. The third-order valence-electron chi connectivity index (χ3n) is 2.41. The Morgan fingerprint density at radius 1 is 1.25 bits per heavy atom. The number of aromatic amines is 1. The molecule has 10 heteroatoms. The Morgan fingerprint density at radius 3 is 2.90 bits per heavy atom. The summed E-state index contributed by atoms with van der Waals surface area (Å²) in [7, 11) is 0. The van der Waals surface area contributed by atoms with E-state index in [1.807, 2.05) is 0 Å². The van der Waals surface area contributed by atoms with Crippen molar-refractivity contribution in [3.8, 4) is 5.69 Å². The highest BCUT2D eigenvalue weighted by molar-refractivity contribution is 7.98. The average Bonchev–Trinajstić information content (AvgIpc) is 3.10. The van der Waals surface area contributed by atoms with Gasteiger partial charge in [0.1, 0.15) is 6.33 Å². The van der Waals surface area contributed by atoms with Gasteiger partial charge in [0.2, 0.25) is 0 Å². The van der Waals surface area contributed by atoms with Gasteiger partial charge in [-0.15, -0.1) is 5.10 Å². The number of halogens is 2. The fourth-order valence-electron chi connectivity index (χ4n) is 1.51. The van der Waals surface area contributed by atoms with Crippen molar-refractivity contribution in [1.29, 1.82) is 0 Å². The van der Waals surface area contributed by atoms with Crippen LogP contribution in [0.5, 0.6) is 0 Å². The van der Waals surface area contributed by atoms with E-state index in [4.69, 9.17) is 23.2 Å². The minimum absolute atomic E-state index is 0.452. The van der Waals surface area contributed by atoms with Crippen molar-refractivity contribution in [3.05, 3.63) is 40.4 Å². The van der Waals surface area contributed by atoms with Crippen molar-refractivity contribution in [3.63, 3.8) is 0 Å². The Kier molecular flexibility index (Phi) is 3.86.